The van der Waals surface area contributed by atoms with Crippen LogP contribution in [0.25, 0.3) is 0 Å². The first-order valence-electron chi connectivity index (χ1n) is 6.65. The van der Waals surface area contributed by atoms with Crippen LogP contribution in [0.5, 0.6) is 0 Å². The Hall–Kier alpha value is -2.61. The second-order valence-electron chi connectivity index (χ2n) is 4.99. The number of carbonyl (C=O) groups is 1. The third kappa shape index (κ3) is 5.26. The fourth-order valence-corrected chi connectivity index (χ4v) is 2.49. The van der Waals surface area contributed by atoms with Crippen molar-refractivity contribution in [3.05, 3.63) is 53.8 Å². The van der Waals surface area contributed by atoms with Gasteiger partial charge in [0, 0.05) is 11.4 Å². The van der Waals surface area contributed by atoms with Crippen LogP contribution in [0, 0.1) is 12.7 Å². The Labute approximate surface area is 133 Å². The first-order valence-corrected chi connectivity index (χ1v) is 8.54. The van der Waals surface area contributed by atoms with E-state index in [4.69, 9.17) is 0 Å². The van der Waals surface area contributed by atoms with E-state index < -0.39 is 21.9 Å². The molecule has 23 heavy (non-hydrogen) atoms. The van der Waals surface area contributed by atoms with Gasteiger partial charge in [-0.25, -0.2) is 17.6 Å². The Bertz CT molecular complexity index is 838. The van der Waals surface area contributed by atoms with Gasteiger partial charge in [-0.3, -0.25) is 4.72 Å². The van der Waals surface area contributed by atoms with Gasteiger partial charge >= 0.3 is 6.03 Å². The molecule has 2 aromatic rings. The van der Waals surface area contributed by atoms with Crippen LogP contribution in [0.2, 0.25) is 0 Å². The van der Waals surface area contributed by atoms with Gasteiger partial charge in [0.15, 0.2) is 0 Å². The molecule has 0 fully saturated rings. The first kappa shape index (κ1) is 16.8. The van der Waals surface area contributed by atoms with E-state index in [1.807, 2.05) is 0 Å². The number of carbonyl (C=O) groups excluding carboxylic acids is 1. The summed E-state index contributed by atoms with van der Waals surface area (Å²) in [6, 6.07) is 9.72. The van der Waals surface area contributed by atoms with Crippen LogP contribution in [0.4, 0.5) is 26.2 Å². The average molecular weight is 337 g/mol. The van der Waals surface area contributed by atoms with Crippen LogP contribution < -0.4 is 15.4 Å². The molecule has 0 aromatic heterocycles. The van der Waals surface area contributed by atoms with E-state index >= 15 is 0 Å². The maximum absolute atomic E-state index is 13.1. The van der Waals surface area contributed by atoms with Gasteiger partial charge < -0.3 is 10.6 Å². The lowest BCUT2D eigenvalue weighted by Gasteiger charge is -2.12. The molecule has 0 aliphatic carbocycles. The Morgan fingerprint density at radius 3 is 2.30 bits per heavy atom. The standard InChI is InChI=1S/C15H16FN3O3S/c1-10-6-7-13(9-14(10)19-23(2,21)22)18-15(20)17-12-5-3-4-11(16)8-12/h3-9,19H,1-2H3,(H2,17,18,20). The number of aryl methyl sites for hydroxylation is 1. The number of amides is 2. The maximum Gasteiger partial charge on any atom is 0.323 e. The molecule has 2 amide bonds. The third-order valence-corrected chi connectivity index (χ3v) is 3.46. The Kier molecular flexibility index (Phi) is 4.85. The van der Waals surface area contributed by atoms with Crippen LogP contribution in [-0.4, -0.2) is 20.7 Å². The van der Waals surface area contributed by atoms with Crippen molar-refractivity contribution in [2.45, 2.75) is 6.92 Å². The van der Waals surface area contributed by atoms with E-state index in [2.05, 4.69) is 15.4 Å². The minimum atomic E-state index is -3.42. The van der Waals surface area contributed by atoms with E-state index in [1.54, 1.807) is 25.1 Å². The molecular weight excluding hydrogens is 321 g/mol. The Balaban J connectivity index is 2.10. The molecule has 8 heteroatoms. The molecule has 0 saturated carbocycles. The van der Waals surface area contributed by atoms with Crippen molar-refractivity contribution in [2.75, 3.05) is 21.6 Å². The van der Waals surface area contributed by atoms with Crippen LogP contribution in [0.1, 0.15) is 5.56 Å². The zero-order valence-electron chi connectivity index (χ0n) is 12.6. The predicted octanol–water partition coefficient (Wildman–Crippen LogP) is 3.15. The molecule has 122 valence electrons. The van der Waals surface area contributed by atoms with Gasteiger partial charge in [-0.15, -0.1) is 0 Å². The highest BCUT2D eigenvalue weighted by atomic mass is 32.2. The number of halogens is 1. The summed E-state index contributed by atoms with van der Waals surface area (Å²) in [4.78, 5) is 11.9. The lowest BCUT2D eigenvalue weighted by atomic mass is 10.2. The summed E-state index contributed by atoms with van der Waals surface area (Å²) in [6.07, 6.45) is 1.04. The molecule has 3 N–H and O–H groups in total. The zero-order valence-corrected chi connectivity index (χ0v) is 13.4. The fourth-order valence-electron chi connectivity index (χ4n) is 1.87. The molecule has 0 unspecified atom stereocenters. The fraction of sp³-hybridized carbons (Fsp3) is 0.133. The number of nitrogens with one attached hydrogen (secondary N) is 3. The average Bonchev–Trinajstić information content (AvgIpc) is 2.41. The van der Waals surface area contributed by atoms with Crippen LogP contribution in [0.3, 0.4) is 0 Å². The van der Waals surface area contributed by atoms with Crippen molar-refractivity contribution >= 4 is 33.1 Å². The lowest BCUT2D eigenvalue weighted by molar-refractivity contribution is 0.262. The molecule has 0 aliphatic heterocycles. The largest absolute Gasteiger partial charge is 0.323 e. The normalized spacial score (nSPS) is 10.9. The smallest absolute Gasteiger partial charge is 0.308 e. The molecule has 0 bridgehead atoms. The summed E-state index contributed by atoms with van der Waals surface area (Å²) < 4.78 is 38.1. The topological polar surface area (TPSA) is 87.3 Å². The molecule has 2 aromatic carbocycles. The SMILES string of the molecule is Cc1ccc(NC(=O)Nc2cccc(F)c2)cc1NS(C)(=O)=O. The van der Waals surface area contributed by atoms with Crippen LogP contribution in [0.15, 0.2) is 42.5 Å². The summed E-state index contributed by atoms with van der Waals surface area (Å²) in [5.74, 6) is -0.460. The van der Waals surface area contributed by atoms with Crippen molar-refractivity contribution < 1.29 is 17.6 Å². The van der Waals surface area contributed by atoms with E-state index in [1.165, 1.54) is 24.3 Å². The molecule has 0 heterocycles. The number of anilines is 3. The lowest BCUT2D eigenvalue weighted by Crippen LogP contribution is -2.19. The van der Waals surface area contributed by atoms with E-state index in [0.717, 1.165) is 6.26 Å². The monoisotopic (exact) mass is 337 g/mol. The number of urea groups is 1. The Morgan fingerprint density at radius 2 is 1.70 bits per heavy atom. The number of hydrogen-bond donors (Lipinski definition) is 3. The van der Waals surface area contributed by atoms with Gasteiger partial charge in [-0.1, -0.05) is 12.1 Å². The minimum Gasteiger partial charge on any atom is -0.308 e. The molecule has 0 spiro atoms. The summed E-state index contributed by atoms with van der Waals surface area (Å²) in [5.41, 5.74) is 1.79. The van der Waals surface area contributed by atoms with E-state index in [9.17, 15) is 17.6 Å². The van der Waals surface area contributed by atoms with Gasteiger partial charge in [-0.2, -0.15) is 0 Å². The van der Waals surface area contributed by atoms with Gasteiger partial charge in [0.2, 0.25) is 10.0 Å². The molecule has 6 nitrogen and oxygen atoms in total. The quantitative estimate of drug-likeness (QED) is 0.801. The molecular formula is C15H16FN3O3S. The number of sulfonamides is 1. The Morgan fingerprint density at radius 1 is 1.04 bits per heavy atom. The molecule has 0 aliphatic rings. The van der Waals surface area contributed by atoms with Crippen molar-refractivity contribution in [2.24, 2.45) is 0 Å². The highest BCUT2D eigenvalue weighted by Crippen LogP contribution is 2.21. The molecule has 0 saturated heterocycles. The van der Waals surface area contributed by atoms with Crippen molar-refractivity contribution in [1.29, 1.82) is 0 Å². The summed E-state index contributed by atoms with van der Waals surface area (Å²) >= 11 is 0. The highest BCUT2D eigenvalue weighted by molar-refractivity contribution is 7.92. The molecule has 0 radical (unpaired) electrons. The van der Waals surface area contributed by atoms with Crippen molar-refractivity contribution in [3.63, 3.8) is 0 Å². The predicted molar refractivity (Wildman–Crippen MR) is 88.7 cm³/mol. The maximum atomic E-state index is 13.1. The summed E-state index contributed by atoms with van der Waals surface area (Å²) in [6.45, 7) is 1.74. The third-order valence-electron chi connectivity index (χ3n) is 2.87. The van der Waals surface area contributed by atoms with Gasteiger partial charge in [0.1, 0.15) is 5.82 Å². The summed E-state index contributed by atoms with van der Waals surface area (Å²) in [7, 11) is -3.42. The van der Waals surface area contributed by atoms with Gasteiger partial charge in [0.25, 0.3) is 0 Å². The minimum absolute atomic E-state index is 0.309. The summed E-state index contributed by atoms with van der Waals surface area (Å²) in [5, 5.41) is 5.04. The zero-order chi connectivity index (χ0) is 17.0. The van der Waals surface area contributed by atoms with Crippen molar-refractivity contribution in [1.82, 2.24) is 0 Å². The van der Waals surface area contributed by atoms with Crippen LogP contribution >= 0.6 is 0 Å². The highest BCUT2D eigenvalue weighted by Gasteiger charge is 2.08. The second kappa shape index (κ2) is 6.66. The molecule has 0 atom stereocenters. The number of hydrogen-bond acceptors (Lipinski definition) is 3. The second-order valence-corrected chi connectivity index (χ2v) is 6.74. The number of rotatable bonds is 4. The van der Waals surface area contributed by atoms with Gasteiger partial charge in [-0.05, 0) is 42.8 Å². The van der Waals surface area contributed by atoms with E-state index in [0.29, 0.717) is 22.6 Å². The van der Waals surface area contributed by atoms with Crippen LogP contribution in [-0.2, 0) is 10.0 Å². The molecule has 2 rings (SSSR count). The number of benzene rings is 2. The first-order chi connectivity index (χ1) is 10.7. The van der Waals surface area contributed by atoms with E-state index in [-0.39, 0.29) is 0 Å². The van der Waals surface area contributed by atoms with Gasteiger partial charge in [0.05, 0.1) is 11.9 Å². The van der Waals surface area contributed by atoms with Crippen molar-refractivity contribution in [3.8, 4) is 0 Å².